The zero-order valence-corrected chi connectivity index (χ0v) is 12.8. The summed E-state index contributed by atoms with van der Waals surface area (Å²) in [7, 11) is 3.03. The van der Waals surface area contributed by atoms with Crippen LogP contribution in [0.4, 0.5) is 18.9 Å². The van der Waals surface area contributed by atoms with Crippen LogP contribution in [0.1, 0.15) is 13.3 Å². The molecule has 1 aromatic carbocycles. The molecule has 0 saturated carbocycles. The highest BCUT2D eigenvalue weighted by molar-refractivity contribution is 5.56. The number of aliphatic hydroxyl groups is 1. The van der Waals surface area contributed by atoms with E-state index in [0.717, 1.165) is 12.6 Å². The van der Waals surface area contributed by atoms with Crippen molar-refractivity contribution in [3.8, 4) is 11.5 Å². The van der Waals surface area contributed by atoms with E-state index >= 15 is 0 Å². The van der Waals surface area contributed by atoms with E-state index < -0.39 is 17.7 Å². The molecule has 0 bridgehead atoms. The maximum absolute atomic E-state index is 12.9. The smallest absolute Gasteiger partial charge is 0.417 e. The minimum Gasteiger partial charge on any atom is -0.497 e. The van der Waals surface area contributed by atoms with Gasteiger partial charge in [0, 0.05) is 42.9 Å². The number of ether oxygens (including phenoxy) is 2. The molecule has 2 rings (SSSR count). The van der Waals surface area contributed by atoms with Gasteiger partial charge in [-0.2, -0.15) is 13.2 Å². The van der Waals surface area contributed by atoms with Crippen LogP contribution in [0, 0.1) is 5.92 Å². The van der Waals surface area contributed by atoms with Gasteiger partial charge in [0.05, 0.1) is 14.2 Å². The van der Waals surface area contributed by atoms with Gasteiger partial charge in [0.25, 0.3) is 0 Å². The number of nitrogens with zero attached hydrogens (tertiary/aromatic N) is 1. The molecule has 0 aromatic heterocycles. The number of rotatable bonds is 4. The first kappa shape index (κ1) is 16.7. The van der Waals surface area contributed by atoms with Crippen molar-refractivity contribution in [2.24, 2.45) is 5.92 Å². The van der Waals surface area contributed by atoms with Gasteiger partial charge in [-0.05, 0) is 13.3 Å². The van der Waals surface area contributed by atoms with Crippen molar-refractivity contribution < 1.29 is 27.8 Å². The largest absolute Gasteiger partial charge is 0.497 e. The monoisotopic (exact) mass is 319 g/mol. The van der Waals surface area contributed by atoms with Crippen LogP contribution in [0.2, 0.25) is 0 Å². The Hall–Kier alpha value is -1.63. The van der Waals surface area contributed by atoms with Gasteiger partial charge in [0.15, 0.2) is 5.60 Å². The Morgan fingerprint density at radius 1 is 1.14 bits per heavy atom. The fraction of sp³-hybridized carbons (Fsp3) is 0.600. The van der Waals surface area contributed by atoms with Crippen LogP contribution in [0.3, 0.4) is 0 Å². The van der Waals surface area contributed by atoms with Crippen LogP contribution in [-0.2, 0) is 0 Å². The van der Waals surface area contributed by atoms with Crippen LogP contribution >= 0.6 is 0 Å². The van der Waals surface area contributed by atoms with Gasteiger partial charge >= 0.3 is 6.18 Å². The van der Waals surface area contributed by atoms with Crippen LogP contribution in [0.25, 0.3) is 0 Å². The highest BCUT2D eigenvalue weighted by Gasteiger charge is 2.56. The lowest BCUT2D eigenvalue weighted by molar-refractivity contribution is -0.269. The second-order valence-corrected chi connectivity index (χ2v) is 5.65. The molecule has 1 aliphatic heterocycles. The summed E-state index contributed by atoms with van der Waals surface area (Å²) in [6.45, 7) is 1.41. The predicted octanol–water partition coefficient (Wildman–Crippen LogP) is 2.84. The van der Waals surface area contributed by atoms with Gasteiger partial charge in [-0.3, -0.25) is 0 Å². The summed E-state index contributed by atoms with van der Waals surface area (Å²) in [6, 6.07) is 5.18. The standard InChI is InChI=1S/C15H20F3NO3/c1-14(20,15(16,17)18)10-4-5-19(9-10)11-6-12(21-2)8-13(7-11)22-3/h6-8,10,20H,4-5,9H2,1-3H3. The average Bonchev–Trinajstić information content (AvgIpc) is 2.95. The summed E-state index contributed by atoms with van der Waals surface area (Å²) >= 11 is 0. The minimum absolute atomic E-state index is 0.128. The van der Waals surface area contributed by atoms with Crippen molar-refractivity contribution in [2.45, 2.75) is 25.1 Å². The summed E-state index contributed by atoms with van der Waals surface area (Å²) in [4.78, 5) is 1.80. The van der Waals surface area contributed by atoms with Crippen LogP contribution in [-0.4, -0.2) is 44.2 Å². The predicted molar refractivity (Wildman–Crippen MR) is 76.5 cm³/mol. The van der Waals surface area contributed by atoms with Crippen LogP contribution < -0.4 is 14.4 Å². The lowest BCUT2D eigenvalue weighted by Crippen LogP contribution is -2.49. The maximum atomic E-state index is 12.9. The first-order valence-corrected chi connectivity index (χ1v) is 6.96. The first-order valence-electron chi connectivity index (χ1n) is 6.96. The van der Waals surface area contributed by atoms with E-state index in [2.05, 4.69) is 0 Å². The van der Waals surface area contributed by atoms with Gasteiger partial charge in [-0.25, -0.2) is 0 Å². The number of hydrogen-bond donors (Lipinski definition) is 1. The second-order valence-electron chi connectivity index (χ2n) is 5.65. The van der Waals surface area contributed by atoms with Crippen molar-refractivity contribution in [1.29, 1.82) is 0 Å². The molecule has 1 aromatic rings. The Labute approximate surface area is 127 Å². The number of anilines is 1. The summed E-state index contributed by atoms with van der Waals surface area (Å²) in [5, 5.41) is 9.82. The van der Waals surface area contributed by atoms with Gasteiger partial charge in [0.2, 0.25) is 0 Å². The van der Waals surface area contributed by atoms with E-state index in [-0.39, 0.29) is 13.0 Å². The molecule has 124 valence electrons. The van der Waals surface area contributed by atoms with Crippen LogP contribution in [0.15, 0.2) is 18.2 Å². The second kappa shape index (κ2) is 5.87. The molecular weight excluding hydrogens is 299 g/mol. The molecule has 1 aliphatic rings. The fourth-order valence-electron chi connectivity index (χ4n) is 2.66. The molecule has 7 heteroatoms. The Bertz CT molecular complexity index is 509. The van der Waals surface area contributed by atoms with Gasteiger partial charge < -0.3 is 19.5 Å². The number of hydrogen-bond acceptors (Lipinski definition) is 4. The van der Waals surface area contributed by atoms with Crippen molar-refractivity contribution in [3.63, 3.8) is 0 Å². The average molecular weight is 319 g/mol. The molecular formula is C15H20F3NO3. The molecule has 0 radical (unpaired) electrons. The molecule has 1 saturated heterocycles. The van der Waals surface area contributed by atoms with Gasteiger partial charge in [0.1, 0.15) is 11.5 Å². The molecule has 1 N–H and O–H groups in total. The molecule has 2 unspecified atom stereocenters. The van der Waals surface area contributed by atoms with E-state index in [0.29, 0.717) is 18.0 Å². The summed E-state index contributed by atoms with van der Waals surface area (Å²) in [6.07, 6.45) is -4.37. The van der Waals surface area contributed by atoms with Gasteiger partial charge in [-0.15, -0.1) is 0 Å². The Morgan fingerprint density at radius 2 is 1.68 bits per heavy atom. The van der Waals surface area contributed by atoms with E-state index in [4.69, 9.17) is 9.47 Å². The summed E-state index contributed by atoms with van der Waals surface area (Å²) in [5.41, 5.74) is -1.97. The lowest BCUT2D eigenvalue weighted by Gasteiger charge is -2.32. The quantitative estimate of drug-likeness (QED) is 0.927. The summed E-state index contributed by atoms with van der Waals surface area (Å²) in [5.74, 6) is 0.269. The number of alkyl halides is 3. The highest BCUT2D eigenvalue weighted by Crippen LogP contribution is 2.41. The highest BCUT2D eigenvalue weighted by atomic mass is 19.4. The van der Waals surface area contributed by atoms with E-state index in [9.17, 15) is 18.3 Å². The molecule has 0 amide bonds. The topological polar surface area (TPSA) is 41.9 Å². The lowest BCUT2D eigenvalue weighted by atomic mass is 9.88. The van der Waals surface area contributed by atoms with Crippen LogP contribution in [0.5, 0.6) is 11.5 Å². The van der Waals surface area contributed by atoms with Crippen molar-refractivity contribution in [1.82, 2.24) is 0 Å². The Balaban J connectivity index is 2.20. The zero-order valence-electron chi connectivity index (χ0n) is 12.8. The van der Waals surface area contributed by atoms with Crippen molar-refractivity contribution >= 4 is 5.69 Å². The van der Waals surface area contributed by atoms with Crippen molar-refractivity contribution in [3.05, 3.63) is 18.2 Å². The van der Waals surface area contributed by atoms with E-state index in [1.807, 2.05) is 0 Å². The number of halogens is 3. The number of benzene rings is 1. The Kier molecular flexibility index (Phi) is 4.47. The third-order valence-corrected chi connectivity index (χ3v) is 4.26. The SMILES string of the molecule is COc1cc(OC)cc(N2CCC(C(C)(O)C(F)(F)F)C2)c1. The normalized spacial score (nSPS) is 21.6. The molecule has 1 heterocycles. The Morgan fingerprint density at radius 3 is 2.14 bits per heavy atom. The molecule has 2 atom stereocenters. The third-order valence-electron chi connectivity index (χ3n) is 4.26. The maximum Gasteiger partial charge on any atom is 0.417 e. The molecule has 4 nitrogen and oxygen atoms in total. The first-order chi connectivity index (χ1) is 10.2. The molecule has 1 fully saturated rings. The van der Waals surface area contributed by atoms with Gasteiger partial charge in [-0.1, -0.05) is 0 Å². The molecule has 0 spiro atoms. The van der Waals surface area contributed by atoms with E-state index in [1.54, 1.807) is 23.1 Å². The number of methoxy groups -OCH3 is 2. The molecule has 0 aliphatic carbocycles. The summed E-state index contributed by atoms with van der Waals surface area (Å²) < 4.78 is 49.2. The fourth-order valence-corrected chi connectivity index (χ4v) is 2.66. The minimum atomic E-state index is -4.64. The zero-order chi connectivity index (χ0) is 16.5. The van der Waals surface area contributed by atoms with E-state index in [1.165, 1.54) is 14.2 Å². The van der Waals surface area contributed by atoms with Crippen molar-refractivity contribution in [2.75, 3.05) is 32.2 Å². The third kappa shape index (κ3) is 3.09. The molecule has 22 heavy (non-hydrogen) atoms.